The molecular formula is C27H41N5O2. The van der Waals surface area contributed by atoms with Crippen LogP contribution < -0.4 is 5.32 Å². The maximum atomic E-state index is 12.7. The van der Waals surface area contributed by atoms with Crippen molar-refractivity contribution < 1.29 is 9.59 Å². The molecule has 2 unspecified atom stereocenters. The Bertz CT molecular complexity index is 944. The van der Waals surface area contributed by atoms with Gasteiger partial charge in [0.2, 0.25) is 6.41 Å². The van der Waals surface area contributed by atoms with Gasteiger partial charge in [0, 0.05) is 37.6 Å². The van der Waals surface area contributed by atoms with E-state index in [9.17, 15) is 9.59 Å². The standard InChI is InChI=1S/C18H26N4O.C9H15NO/c1-4-20(5-2)15-9-11-21(12-10-15)18(23)16-13-22-14(3)7-6-8-17(22)19-16;1-2-8-6-9(8)4-3-5-10-7-11/h6-8,13,15H,4-5,9-12H2,1-3H3;2,7-9H,1,3-6H2,(H,10,11). The van der Waals surface area contributed by atoms with Crippen molar-refractivity contribution in [1.82, 2.24) is 24.5 Å². The van der Waals surface area contributed by atoms with Crippen LogP contribution in [0.1, 0.15) is 62.1 Å². The van der Waals surface area contributed by atoms with Gasteiger partial charge < -0.3 is 19.5 Å². The van der Waals surface area contributed by atoms with Crippen LogP contribution in [0.2, 0.25) is 0 Å². The molecule has 0 aromatic carbocycles. The van der Waals surface area contributed by atoms with E-state index in [0.717, 1.165) is 81.6 Å². The maximum absolute atomic E-state index is 12.7. The lowest BCUT2D eigenvalue weighted by atomic mass is 10.0. The van der Waals surface area contributed by atoms with Crippen molar-refractivity contribution in [3.05, 3.63) is 48.4 Å². The molecule has 2 aromatic rings. The summed E-state index contributed by atoms with van der Waals surface area (Å²) in [6, 6.07) is 6.55. The number of piperidine rings is 1. The number of hydrogen-bond donors (Lipinski definition) is 1. The number of nitrogens with one attached hydrogen (secondary N) is 1. The van der Waals surface area contributed by atoms with Crippen molar-refractivity contribution in [3.63, 3.8) is 0 Å². The molecule has 7 nitrogen and oxygen atoms in total. The van der Waals surface area contributed by atoms with Gasteiger partial charge in [0.1, 0.15) is 11.3 Å². The van der Waals surface area contributed by atoms with E-state index in [2.05, 4.69) is 35.6 Å². The number of allylic oxidation sites excluding steroid dienone is 1. The Balaban J connectivity index is 0.000000248. The molecule has 2 amide bonds. The number of imidazole rings is 1. The quantitative estimate of drug-likeness (QED) is 0.327. The van der Waals surface area contributed by atoms with Crippen LogP contribution in [0.15, 0.2) is 37.1 Å². The number of aryl methyl sites for hydroxylation is 1. The fourth-order valence-electron chi connectivity index (χ4n) is 5.00. The number of rotatable bonds is 10. The van der Waals surface area contributed by atoms with Gasteiger partial charge in [0.25, 0.3) is 5.91 Å². The molecule has 1 saturated carbocycles. The number of fused-ring (bicyclic) bond motifs is 1. The number of aromatic nitrogens is 2. The Kier molecular flexibility index (Phi) is 9.69. The third kappa shape index (κ3) is 6.69. The Labute approximate surface area is 204 Å². The molecule has 1 saturated heterocycles. The largest absolute Gasteiger partial charge is 0.359 e. The van der Waals surface area contributed by atoms with Gasteiger partial charge >= 0.3 is 0 Å². The minimum absolute atomic E-state index is 0.0612. The highest BCUT2D eigenvalue weighted by molar-refractivity contribution is 5.93. The molecule has 2 atom stereocenters. The van der Waals surface area contributed by atoms with Gasteiger partial charge in [0.15, 0.2) is 0 Å². The average Bonchev–Trinajstić information content (AvgIpc) is 3.48. The Morgan fingerprint density at radius 1 is 1.26 bits per heavy atom. The number of likely N-dealkylation sites (tertiary alicyclic amines) is 1. The van der Waals surface area contributed by atoms with Crippen molar-refractivity contribution in [3.8, 4) is 0 Å². The molecule has 186 valence electrons. The summed E-state index contributed by atoms with van der Waals surface area (Å²) in [6.07, 6.45) is 10.4. The van der Waals surface area contributed by atoms with E-state index in [0.29, 0.717) is 11.7 Å². The van der Waals surface area contributed by atoms with Crippen LogP contribution >= 0.6 is 0 Å². The summed E-state index contributed by atoms with van der Waals surface area (Å²) in [5, 5.41) is 2.66. The van der Waals surface area contributed by atoms with E-state index in [4.69, 9.17) is 0 Å². The normalized spacial score (nSPS) is 20.1. The second kappa shape index (κ2) is 12.7. The summed E-state index contributed by atoms with van der Waals surface area (Å²) in [5.41, 5.74) is 2.49. The zero-order chi connectivity index (χ0) is 24.5. The second-order valence-electron chi connectivity index (χ2n) is 9.38. The molecule has 4 rings (SSSR count). The smallest absolute Gasteiger partial charge is 0.274 e. The lowest BCUT2D eigenvalue weighted by molar-refractivity contribution is -0.109. The number of nitrogens with zero attached hydrogens (tertiary/aromatic N) is 4. The Morgan fingerprint density at radius 3 is 2.59 bits per heavy atom. The van der Waals surface area contributed by atoms with E-state index in [1.54, 1.807) is 0 Å². The fraction of sp³-hybridized carbons (Fsp3) is 0.593. The van der Waals surface area contributed by atoms with Gasteiger partial charge in [0.05, 0.1) is 0 Å². The number of carbonyl (C=O) groups is 2. The van der Waals surface area contributed by atoms with E-state index in [-0.39, 0.29) is 5.91 Å². The summed E-state index contributed by atoms with van der Waals surface area (Å²) >= 11 is 0. The first-order valence-electron chi connectivity index (χ1n) is 12.8. The highest BCUT2D eigenvalue weighted by Gasteiger charge is 2.33. The fourth-order valence-corrected chi connectivity index (χ4v) is 5.00. The van der Waals surface area contributed by atoms with E-state index in [1.807, 2.05) is 46.7 Å². The van der Waals surface area contributed by atoms with Gasteiger partial charge in [-0.05, 0) is 76.1 Å². The van der Waals surface area contributed by atoms with Crippen LogP contribution in [-0.2, 0) is 4.79 Å². The molecule has 34 heavy (non-hydrogen) atoms. The van der Waals surface area contributed by atoms with E-state index >= 15 is 0 Å². The molecular weight excluding hydrogens is 426 g/mol. The van der Waals surface area contributed by atoms with Crippen LogP contribution in [0.3, 0.4) is 0 Å². The highest BCUT2D eigenvalue weighted by atomic mass is 16.2. The minimum Gasteiger partial charge on any atom is -0.359 e. The first-order valence-corrected chi connectivity index (χ1v) is 12.8. The van der Waals surface area contributed by atoms with Gasteiger partial charge in [-0.1, -0.05) is 26.0 Å². The zero-order valence-electron chi connectivity index (χ0n) is 21.1. The number of carbonyl (C=O) groups excluding carboxylic acids is 2. The van der Waals surface area contributed by atoms with Crippen molar-refractivity contribution >= 4 is 18.0 Å². The molecule has 1 N–H and O–H groups in total. The molecule has 2 fully saturated rings. The topological polar surface area (TPSA) is 70.0 Å². The number of amides is 2. The zero-order valence-corrected chi connectivity index (χ0v) is 21.1. The Morgan fingerprint density at radius 2 is 2.00 bits per heavy atom. The SMILES string of the molecule is C=CC1CC1CCCNC=O.CCN(CC)C1CCN(C(=O)c2cn3c(C)cccc3n2)CC1. The average molecular weight is 468 g/mol. The summed E-state index contributed by atoms with van der Waals surface area (Å²) in [5.74, 6) is 1.69. The van der Waals surface area contributed by atoms with E-state index < -0.39 is 0 Å². The van der Waals surface area contributed by atoms with Gasteiger partial charge in [-0.2, -0.15) is 0 Å². The van der Waals surface area contributed by atoms with Gasteiger partial charge in [-0.15, -0.1) is 6.58 Å². The molecule has 1 aliphatic carbocycles. The first kappa shape index (κ1) is 25.9. The first-order chi connectivity index (χ1) is 16.5. The van der Waals surface area contributed by atoms with E-state index in [1.165, 1.54) is 12.8 Å². The van der Waals surface area contributed by atoms with Crippen molar-refractivity contribution in [2.24, 2.45) is 11.8 Å². The lowest BCUT2D eigenvalue weighted by Crippen LogP contribution is -2.46. The number of hydrogen-bond acceptors (Lipinski definition) is 4. The molecule has 0 spiro atoms. The van der Waals surface area contributed by atoms with Crippen LogP contribution in [-0.4, -0.2) is 70.3 Å². The number of pyridine rings is 1. The summed E-state index contributed by atoms with van der Waals surface area (Å²) in [4.78, 5) is 31.5. The predicted octanol–water partition coefficient (Wildman–Crippen LogP) is 3.92. The monoisotopic (exact) mass is 467 g/mol. The maximum Gasteiger partial charge on any atom is 0.274 e. The predicted molar refractivity (Wildman–Crippen MR) is 137 cm³/mol. The third-order valence-corrected chi connectivity index (χ3v) is 7.25. The van der Waals surface area contributed by atoms with Crippen molar-refractivity contribution in [1.29, 1.82) is 0 Å². The second-order valence-corrected chi connectivity index (χ2v) is 9.38. The molecule has 0 bridgehead atoms. The molecule has 2 aromatic heterocycles. The third-order valence-electron chi connectivity index (χ3n) is 7.25. The molecule has 1 aliphatic heterocycles. The van der Waals surface area contributed by atoms with Gasteiger partial charge in [-0.3, -0.25) is 9.59 Å². The Hall–Kier alpha value is -2.67. The van der Waals surface area contributed by atoms with Crippen LogP contribution in [0.25, 0.3) is 5.65 Å². The van der Waals surface area contributed by atoms with Crippen LogP contribution in [0.5, 0.6) is 0 Å². The van der Waals surface area contributed by atoms with Crippen LogP contribution in [0.4, 0.5) is 0 Å². The molecule has 7 heteroatoms. The highest BCUT2D eigenvalue weighted by Crippen LogP contribution is 2.42. The van der Waals surface area contributed by atoms with Crippen molar-refractivity contribution in [2.45, 2.75) is 58.9 Å². The summed E-state index contributed by atoms with van der Waals surface area (Å²) in [6.45, 7) is 14.8. The van der Waals surface area contributed by atoms with Crippen LogP contribution in [0, 0.1) is 18.8 Å². The van der Waals surface area contributed by atoms with Gasteiger partial charge in [-0.25, -0.2) is 4.98 Å². The minimum atomic E-state index is 0.0612. The summed E-state index contributed by atoms with van der Waals surface area (Å²) < 4.78 is 1.98. The summed E-state index contributed by atoms with van der Waals surface area (Å²) in [7, 11) is 0. The van der Waals surface area contributed by atoms with Crippen molar-refractivity contribution in [2.75, 3.05) is 32.7 Å². The lowest BCUT2D eigenvalue weighted by Gasteiger charge is -2.37. The molecule has 3 heterocycles. The molecule has 0 radical (unpaired) electrons. The molecule has 2 aliphatic rings.